The Morgan fingerprint density at radius 2 is 1.75 bits per heavy atom. The van der Waals surface area contributed by atoms with Crippen LogP contribution in [0.4, 0.5) is 5.69 Å². The Hall–Kier alpha value is -3.74. The van der Waals surface area contributed by atoms with Crippen LogP contribution in [0.15, 0.2) is 65.2 Å². The van der Waals surface area contributed by atoms with Gasteiger partial charge in [-0.15, -0.1) is 0 Å². The molecule has 2 heterocycles. The van der Waals surface area contributed by atoms with E-state index in [1.54, 1.807) is 24.3 Å². The summed E-state index contributed by atoms with van der Waals surface area (Å²) in [6, 6.07) is 17.4. The summed E-state index contributed by atoms with van der Waals surface area (Å²) >= 11 is 0. The third-order valence-electron chi connectivity index (χ3n) is 4.36. The van der Waals surface area contributed by atoms with Crippen molar-refractivity contribution in [1.82, 2.24) is 5.16 Å². The van der Waals surface area contributed by atoms with Crippen LogP contribution in [-0.2, 0) is 20.9 Å². The number of rotatable bonds is 5. The fourth-order valence-corrected chi connectivity index (χ4v) is 2.98. The largest absolute Gasteiger partial charge is 0.455 e. The lowest BCUT2D eigenvalue weighted by Crippen LogP contribution is -2.28. The zero-order chi connectivity index (χ0) is 19.5. The first-order valence-electron chi connectivity index (χ1n) is 8.76. The number of ether oxygens (including phenoxy) is 1. The van der Waals surface area contributed by atoms with Crippen molar-refractivity contribution in [3.8, 4) is 11.3 Å². The molecule has 7 heteroatoms. The van der Waals surface area contributed by atoms with Crippen LogP contribution in [0.5, 0.6) is 0 Å². The third kappa shape index (κ3) is 3.55. The fraction of sp³-hybridized carbons (Fsp3) is 0.143. The van der Waals surface area contributed by atoms with Crippen molar-refractivity contribution in [2.75, 3.05) is 4.90 Å². The monoisotopic (exact) mass is 376 g/mol. The van der Waals surface area contributed by atoms with Crippen LogP contribution in [0.1, 0.15) is 28.9 Å². The van der Waals surface area contributed by atoms with Crippen LogP contribution >= 0.6 is 0 Å². The molecule has 28 heavy (non-hydrogen) atoms. The predicted octanol–water partition coefficient (Wildman–Crippen LogP) is 3.35. The van der Waals surface area contributed by atoms with Crippen molar-refractivity contribution >= 4 is 23.5 Å². The van der Waals surface area contributed by atoms with Gasteiger partial charge in [0.2, 0.25) is 11.8 Å². The minimum atomic E-state index is -0.579. The molecule has 0 bridgehead atoms. The molecule has 0 atom stereocenters. The number of nitrogens with zero attached hydrogens (tertiary/aromatic N) is 2. The lowest BCUT2D eigenvalue weighted by molar-refractivity contribution is -0.121. The normalized spacial score (nSPS) is 13.8. The van der Waals surface area contributed by atoms with Crippen LogP contribution < -0.4 is 4.90 Å². The smallest absolute Gasteiger partial charge is 0.338 e. The molecule has 7 nitrogen and oxygen atoms in total. The standard InChI is InChI=1S/C21H16N2O5/c24-19-9-10-20(25)23(19)17-8-4-7-15(11-17)21(26)27-13-16-12-18(28-22-16)14-5-2-1-3-6-14/h1-8,11-12H,9-10,13H2. The number of hydrogen-bond donors (Lipinski definition) is 0. The average Bonchev–Trinajstić information content (AvgIpc) is 3.33. The molecule has 1 aliphatic rings. The van der Waals surface area contributed by atoms with Gasteiger partial charge >= 0.3 is 5.97 Å². The van der Waals surface area contributed by atoms with Crippen LogP contribution in [0, 0.1) is 0 Å². The Kier molecular flexibility index (Phi) is 4.72. The van der Waals surface area contributed by atoms with Crippen molar-refractivity contribution in [1.29, 1.82) is 0 Å². The number of carbonyl (C=O) groups is 3. The number of esters is 1. The molecule has 1 fully saturated rings. The van der Waals surface area contributed by atoms with Crippen molar-refractivity contribution < 1.29 is 23.6 Å². The van der Waals surface area contributed by atoms with E-state index in [0.29, 0.717) is 17.1 Å². The average molecular weight is 376 g/mol. The molecule has 0 aliphatic carbocycles. The highest BCUT2D eigenvalue weighted by Crippen LogP contribution is 2.24. The summed E-state index contributed by atoms with van der Waals surface area (Å²) < 4.78 is 10.6. The second-order valence-corrected chi connectivity index (χ2v) is 6.30. The van der Waals surface area contributed by atoms with Crippen LogP contribution in [0.25, 0.3) is 11.3 Å². The lowest BCUT2D eigenvalue weighted by Gasteiger charge is -2.14. The second kappa shape index (κ2) is 7.48. The molecule has 0 unspecified atom stereocenters. The van der Waals surface area contributed by atoms with Gasteiger partial charge in [-0.1, -0.05) is 41.6 Å². The van der Waals surface area contributed by atoms with Gasteiger partial charge in [-0.05, 0) is 18.2 Å². The maximum atomic E-state index is 12.4. The number of imide groups is 1. The molecule has 0 spiro atoms. The number of amides is 2. The third-order valence-corrected chi connectivity index (χ3v) is 4.36. The summed E-state index contributed by atoms with van der Waals surface area (Å²) in [6.45, 7) is -0.0546. The van der Waals surface area contributed by atoms with Crippen LogP contribution in [0.3, 0.4) is 0 Å². The van der Waals surface area contributed by atoms with Gasteiger partial charge in [0.25, 0.3) is 0 Å². The quantitative estimate of drug-likeness (QED) is 0.501. The molecule has 0 N–H and O–H groups in total. The molecule has 1 aliphatic heterocycles. The molecule has 0 radical (unpaired) electrons. The van der Waals surface area contributed by atoms with Gasteiger partial charge < -0.3 is 9.26 Å². The summed E-state index contributed by atoms with van der Waals surface area (Å²) in [7, 11) is 0. The number of benzene rings is 2. The molecule has 1 aromatic heterocycles. The molecular weight excluding hydrogens is 360 g/mol. The highest BCUT2D eigenvalue weighted by Gasteiger charge is 2.30. The first-order chi connectivity index (χ1) is 13.6. The maximum absolute atomic E-state index is 12.4. The van der Waals surface area contributed by atoms with E-state index in [1.165, 1.54) is 6.07 Å². The molecule has 0 saturated carbocycles. The van der Waals surface area contributed by atoms with Gasteiger partial charge in [-0.3, -0.25) is 14.5 Å². The highest BCUT2D eigenvalue weighted by molar-refractivity contribution is 6.20. The van der Waals surface area contributed by atoms with Crippen LogP contribution in [0.2, 0.25) is 0 Å². The van der Waals surface area contributed by atoms with Crippen LogP contribution in [-0.4, -0.2) is 22.9 Å². The SMILES string of the molecule is O=C(OCc1cc(-c2ccccc2)on1)c1cccc(N2C(=O)CCC2=O)c1. The predicted molar refractivity (Wildman–Crippen MR) is 99.2 cm³/mol. The van der Waals surface area contributed by atoms with Gasteiger partial charge in [0.15, 0.2) is 5.76 Å². The summed E-state index contributed by atoms with van der Waals surface area (Å²) in [5.74, 6) is -0.539. The van der Waals surface area contributed by atoms with E-state index in [9.17, 15) is 14.4 Å². The number of aromatic nitrogens is 1. The maximum Gasteiger partial charge on any atom is 0.338 e. The Labute approximate surface area is 160 Å². The van der Waals surface area contributed by atoms with Gasteiger partial charge in [0, 0.05) is 24.5 Å². The lowest BCUT2D eigenvalue weighted by atomic mass is 10.1. The van der Waals surface area contributed by atoms with Crippen molar-refractivity contribution in [2.24, 2.45) is 0 Å². The Morgan fingerprint density at radius 3 is 2.50 bits per heavy atom. The fourth-order valence-electron chi connectivity index (χ4n) is 2.98. The molecule has 4 rings (SSSR count). The van der Waals surface area contributed by atoms with Gasteiger partial charge in [0.1, 0.15) is 12.3 Å². The molecule has 2 amide bonds. The summed E-state index contributed by atoms with van der Waals surface area (Å²) in [6.07, 6.45) is 0.368. The Morgan fingerprint density at radius 1 is 1.00 bits per heavy atom. The minimum absolute atomic E-state index is 0.0546. The summed E-state index contributed by atoms with van der Waals surface area (Å²) in [4.78, 5) is 37.2. The first-order valence-corrected chi connectivity index (χ1v) is 8.76. The van der Waals surface area contributed by atoms with Gasteiger partial charge in [-0.2, -0.15) is 0 Å². The molecule has 140 valence electrons. The van der Waals surface area contributed by atoms with E-state index < -0.39 is 5.97 Å². The molecule has 1 saturated heterocycles. The van der Waals surface area contributed by atoms with Crippen molar-refractivity contribution in [3.63, 3.8) is 0 Å². The summed E-state index contributed by atoms with van der Waals surface area (Å²) in [5, 5.41) is 3.91. The van der Waals surface area contributed by atoms with E-state index >= 15 is 0 Å². The molecule has 2 aromatic carbocycles. The van der Waals surface area contributed by atoms with Crippen molar-refractivity contribution in [3.05, 3.63) is 71.9 Å². The Bertz CT molecular complexity index is 1030. The van der Waals surface area contributed by atoms with Gasteiger partial charge in [0.05, 0.1) is 11.3 Å². The number of anilines is 1. The molecule has 3 aromatic rings. The molecular formula is C21H16N2O5. The minimum Gasteiger partial charge on any atom is -0.455 e. The van der Waals surface area contributed by atoms with E-state index in [0.717, 1.165) is 10.5 Å². The van der Waals surface area contributed by atoms with E-state index in [1.807, 2.05) is 30.3 Å². The van der Waals surface area contributed by atoms with Gasteiger partial charge in [-0.25, -0.2) is 4.79 Å². The van der Waals surface area contributed by atoms with E-state index in [4.69, 9.17) is 9.26 Å². The zero-order valence-corrected chi connectivity index (χ0v) is 14.8. The number of hydrogen-bond acceptors (Lipinski definition) is 6. The second-order valence-electron chi connectivity index (χ2n) is 6.30. The van der Waals surface area contributed by atoms with E-state index in [2.05, 4.69) is 5.16 Å². The van der Waals surface area contributed by atoms with E-state index in [-0.39, 0.29) is 36.8 Å². The first kappa shape index (κ1) is 17.7. The Balaban J connectivity index is 1.43. The number of carbonyl (C=O) groups excluding carboxylic acids is 3. The highest BCUT2D eigenvalue weighted by atomic mass is 16.5. The van der Waals surface area contributed by atoms with Crippen molar-refractivity contribution in [2.45, 2.75) is 19.4 Å². The summed E-state index contributed by atoms with van der Waals surface area (Å²) in [5.41, 5.74) is 1.97. The zero-order valence-electron chi connectivity index (χ0n) is 14.8. The topological polar surface area (TPSA) is 89.7 Å².